The van der Waals surface area contributed by atoms with E-state index in [2.05, 4.69) is 5.32 Å². The number of unbranched alkanes of at least 4 members (excludes halogenated alkanes) is 1. The maximum atomic E-state index is 12.2. The highest BCUT2D eigenvalue weighted by molar-refractivity contribution is 5.88. The van der Waals surface area contributed by atoms with E-state index in [0.717, 1.165) is 6.42 Å². The van der Waals surface area contributed by atoms with Gasteiger partial charge in [0.15, 0.2) is 0 Å². The molecule has 1 aliphatic heterocycles. The Kier molecular flexibility index (Phi) is 7.74. The molecule has 21 heavy (non-hydrogen) atoms. The zero-order chi connectivity index (χ0) is 15.7. The van der Waals surface area contributed by atoms with Gasteiger partial charge in [-0.05, 0) is 19.3 Å². The topological polar surface area (TPSA) is 95.9 Å². The molecule has 120 valence electrons. The highest BCUT2D eigenvalue weighted by Gasteiger charge is 2.32. The molecule has 0 bridgehead atoms. The van der Waals surface area contributed by atoms with E-state index in [1.165, 1.54) is 0 Å². The van der Waals surface area contributed by atoms with Crippen molar-refractivity contribution in [2.45, 2.75) is 45.1 Å². The Morgan fingerprint density at radius 1 is 1.29 bits per heavy atom. The van der Waals surface area contributed by atoms with Crippen molar-refractivity contribution in [3.05, 3.63) is 0 Å². The Morgan fingerprint density at radius 3 is 2.67 bits per heavy atom. The maximum Gasteiger partial charge on any atom is 0.303 e. The minimum absolute atomic E-state index is 0.0663. The van der Waals surface area contributed by atoms with Crippen molar-refractivity contribution < 1.29 is 24.2 Å². The van der Waals surface area contributed by atoms with Crippen molar-refractivity contribution in [1.82, 2.24) is 10.2 Å². The summed E-state index contributed by atoms with van der Waals surface area (Å²) in [5.41, 5.74) is 0. The number of hydrogen-bond acceptors (Lipinski definition) is 4. The summed E-state index contributed by atoms with van der Waals surface area (Å²) in [6.45, 7) is 3.59. The van der Waals surface area contributed by atoms with Gasteiger partial charge in [0.2, 0.25) is 11.8 Å². The number of carboxylic acid groups (broad SMARTS) is 1. The average molecular weight is 300 g/mol. The SMILES string of the molecule is CCCNC(=O)C1COCCN1C(=O)CCCCC(=O)O. The van der Waals surface area contributed by atoms with Crippen LogP contribution in [0.2, 0.25) is 0 Å². The van der Waals surface area contributed by atoms with E-state index in [-0.39, 0.29) is 31.3 Å². The summed E-state index contributed by atoms with van der Waals surface area (Å²) in [5, 5.41) is 11.3. The molecular formula is C14H24N2O5. The summed E-state index contributed by atoms with van der Waals surface area (Å²) in [6, 6.07) is -0.572. The van der Waals surface area contributed by atoms with Crippen molar-refractivity contribution in [2.75, 3.05) is 26.3 Å². The van der Waals surface area contributed by atoms with Gasteiger partial charge in [0.1, 0.15) is 6.04 Å². The molecule has 7 heteroatoms. The van der Waals surface area contributed by atoms with Crippen LogP contribution >= 0.6 is 0 Å². The number of nitrogens with one attached hydrogen (secondary N) is 1. The van der Waals surface area contributed by atoms with Gasteiger partial charge in [-0.2, -0.15) is 0 Å². The molecule has 1 heterocycles. The number of ether oxygens (including phenoxy) is 1. The van der Waals surface area contributed by atoms with Gasteiger partial charge in [0.05, 0.1) is 13.2 Å². The Morgan fingerprint density at radius 2 is 2.00 bits per heavy atom. The molecular weight excluding hydrogens is 276 g/mol. The van der Waals surface area contributed by atoms with Crippen LogP contribution in [-0.2, 0) is 19.1 Å². The number of carbonyl (C=O) groups excluding carboxylic acids is 2. The van der Waals surface area contributed by atoms with Crippen molar-refractivity contribution in [3.8, 4) is 0 Å². The second-order valence-corrected chi connectivity index (χ2v) is 5.07. The van der Waals surface area contributed by atoms with Crippen molar-refractivity contribution in [2.24, 2.45) is 0 Å². The zero-order valence-electron chi connectivity index (χ0n) is 12.5. The highest BCUT2D eigenvalue weighted by Crippen LogP contribution is 2.11. The van der Waals surface area contributed by atoms with Crippen molar-refractivity contribution in [1.29, 1.82) is 0 Å². The maximum absolute atomic E-state index is 12.2. The summed E-state index contributed by atoms with van der Waals surface area (Å²) in [5.74, 6) is -1.15. The second-order valence-electron chi connectivity index (χ2n) is 5.07. The molecule has 0 saturated carbocycles. The van der Waals surface area contributed by atoms with Gasteiger partial charge in [0, 0.05) is 25.9 Å². The van der Waals surface area contributed by atoms with Gasteiger partial charge in [-0.3, -0.25) is 14.4 Å². The van der Waals surface area contributed by atoms with E-state index >= 15 is 0 Å². The van der Waals surface area contributed by atoms with Crippen LogP contribution in [0.3, 0.4) is 0 Å². The van der Waals surface area contributed by atoms with Gasteiger partial charge in [-0.25, -0.2) is 0 Å². The fourth-order valence-electron chi connectivity index (χ4n) is 2.18. The first-order valence-electron chi connectivity index (χ1n) is 7.43. The predicted octanol–water partition coefficient (Wildman–Crippen LogP) is 0.385. The molecule has 1 fully saturated rings. The molecule has 0 spiro atoms. The lowest BCUT2D eigenvalue weighted by atomic mass is 10.1. The molecule has 1 unspecified atom stereocenters. The highest BCUT2D eigenvalue weighted by atomic mass is 16.5. The number of morpholine rings is 1. The standard InChI is InChI=1S/C14H24N2O5/c1-2-7-15-14(20)11-10-21-9-8-16(11)12(17)5-3-4-6-13(18)19/h11H,2-10H2,1H3,(H,15,20)(H,18,19). The number of carboxylic acids is 1. The normalized spacial score (nSPS) is 18.3. The van der Waals surface area contributed by atoms with E-state index in [1.807, 2.05) is 6.92 Å². The second kappa shape index (κ2) is 9.33. The monoisotopic (exact) mass is 300 g/mol. The van der Waals surface area contributed by atoms with Gasteiger partial charge >= 0.3 is 5.97 Å². The van der Waals surface area contributed by atoms with Gasteiger partial charge < -0.3 is 20.1 Å². The first kappa shape index (κ1) is 17.4. The largest absolute Gasteiger partial charge is 0.481 e. The van der Waals surface area contributed by atoms with Crippen LogP contribution in [0.5, 0.6) is 0 Å². The number of aliphatic carboxylic acids is 1. The molecule has 0 aliphatic carbocycles. The first-order valence-corrected chi connectivity index (χ1v) is 7.43. The Hall–Kier alpha value is -1.63. The van der Waals surface area contributed by atoms with E-state index in [0.29, 0.717) is 32.5 Å². The molecule has 7 nitrogen and oxygen atoms in total. The summed E-state index contributed by atoms with van der Waals surface area (Å²) in [7, 11) is 0. The molecule has 0 aromatic rings. The minimum atomic E-state index is -0.856. The lowest BCUT2D eigenvalue weighted by Crippen LogP contribution is -2.55. The molecule has 1 rings (SSSR count). The fourth-order valence-corrected chi connectivity index (χ4v) is 2.18. The Labute approximate surface area is 124 Å². The van der Waals surface area contributed by atoms with Crippen molar-refractivity contribution in [3.63, 3.8) is 0 Å². The third-order valence-corrected chi connectivity index (χ3v) is 3.33. The van der Waals surface area contributed by atoms with E-state index in [1.54, 1.807) is 4.90 Å². The van der Waals surface area contributed by atoms with Crippen LogP contribution in [0.4, 0.5) is 0 Å². The predicted molar refractivity (Wildman–Crippen MR) is 75.7 cm³/mol. The molecule has 2 N–H and O–H groups in total. The lowest BCUT2D eigenvalue weighted by Gasteiger charge is -2.34. The zero-order valence-corrected chi connectivity index (χ0v) is 12.5. The van der Waals surface area contributed by atoms with Crippen LogP contribution in [0.15, 0.2) is 0 Å². The van der Waals surface area contributed by atoms with E-state index < -0.39 is 12.0 Å². The molecule has 1 saturated heterocycles. The Bertz CT molecular complexity index is 372. The fraction of sp³-hybridized carbons (Fsp3) is 0.786. The number of hydrogen-bond donors (Lipinski definition) is 2. The molecule has 0 radical (unpaired) electrons. The third-order valence-electron chi connectivity index (χ3n) is 3.33. The third kappa shape index (κ3) is 6.12. The smallest absolute Gasteiger partial charge is 0.303 e. The molecule has 1 aliphatic rings. The quantitative estimate of drug-likeness (QED) is 0.632. The molecule has 1 atom stereocenters. The lowest BCUT2D eigenvalue weighted by molar-refractivity contribution is -0.148. The summed E-state index contributed by atoms with van der Waals surface area (Å²) in [4.78, 5) is 36.2. The van der Waals surface area contributed by atoms with Crippen LogP contribution in [0.25, 0.3) is 0 Å². The van der Waals surface area contributed by atoms with Gasteiger partial charge in [0.25, 0.3) is 0 Å². The first-order chi connectivity index (χ1) is 10.1. The summed E-state index contributed by atoms with van der Waals surface area (Å²) < 4.78 is 5.29. The Balaban J connectivity index is 2.45. The van der Waals surface area contributed by atoms with Crippen LogP contribution in [-0.4, -0.2) is 60.1 Å². The number of carbonyl (C=O) groups is 3. The van der Waals surface area contributed by atoms with Crippen molar-refractivity contribution >= 4 is 17.8 Å². The average Bonchev–Trinajstić information content (AvgIpc) is 2.48. The molecule has 0 aromatic carbocycles. The van der Waals surface area contributed by atoms with Gasteiger partial charge in [-0.1, -0.05) is 6.92 Å². The summed E-state index contributed by atoms with van der Waals surface area (Å²) >= 11 is 0. The summed E-state index contributed by atoms with van der Waals surface area (Å²) in [6.07, 6.45) is 2.16. The molecule has 2 amide bonds. The van der Waals surface area contributed by atoms with Gasteiger partial charge in [-0.15, -0.1) is 0 Å². The number of nitrogens with zero attached hydrogens (tertiary/aromatic N) is 1. The minimum Gasteiger partial charge on any atom is -0.481 e. The van der Waals surface area contributed by atoms with Crippen LogP contribution in [0.1, 0.15) is 39.0 Å². The van der Waals surface area contributed by atoms with Crippen LogP contribution in [0, 0.1) is 0 Å². The van der Waals surface area contributed by atoms with E-state index in [9.17, 15) is 14.4 Å². The van der Waals surface area contributed by atoms with Crippen LogP contribution < -0.4 is 5.32 Å². The molecule has 0 aromatic heterocycles. The number of amides is 2. The van der Waals surface area contributed by atoms with E-state index in [4.69, 9.17) is 9.84 Å². The number of rotatable bonds is 8.